The number of aromatic nitrogens is 1. The normalized spacial score (nSPS) is 11.3. The Labute approximate surface area is 175 Å². The fourth-order valence-electron chi connectivity index (χ4n) is 3.42. The molecule has 1 amide bonds. The van der Waals surface area contributed by atoms with Crippen LogP contribution in [0.1, 0.15) is 56.6 Å². The predicted molar refractivity (Wildman–Crippen MR) is 120 cm³/mol. The lowest BCUT2D eigenvalue weighted by Gasteiger charge is -2.17. The van der Waals surface area contributed by atoms with E-state index in [4.69, 9.17) is 4.74 Å². The molecule has 0 aliphatic heterocycles. The summed E-state index contributed by atoms with van der Waals surface area (Å²) in [4.78, 5) is 17.4. The zero-order chi connectivity index (χ0) is 20.7. The SMILES string of the molecule is CCC/C(=C/CCCN(C=O)CCCCc1cccnc1)c1ccc(OC)cc1. The van der Waals surface area contributed by atoms with Gasteiger partial charge in [-0.3, -0.25) is 9.78 Å². The van der Waals surface area contributed by atoms with E-state index in [1.807, 2.05) is 29.3 Å². The molecule has 0 aliphatic rings. The summed E-state index contributed by atoms with van der Waals surface area (Å²) in [6.45, 7) is 3.85. The maximum atomic E-state index is 11.4. The molecule has 1 aromatic carbocycles. The van der Waals surface area contributed by atoms with Gasteiger partial charge in [0.2, 0.25) is 6.41 Å². The van der Waals surface area contributed by atoms with Crippen molar-refractivity contribution in [1.82, 2.24) is 9.88 Å². The minimum Gasteiger partial charge on any atom is -0.497 e. The van der Waals surface area contributed by atoms with Crippen LogP contribution in [0.4, 0.5) is 0 Å². The Kier molecular flexibility index (Phi) is 10.6. The fourth-order valence-corrected chi connectivity index (χ4v) is 3.42. The Morgan fingerprint density at radius 3 is 2.55 bits per heavy atom. The van der Waals surface area contributed by atoms with Crippen LogP contribution in [0.15, 0.2) is 54.9 Å². The first-order valence-corrected chi connectivity index (χ1v) is 10.7. The summed E-state index contributed by atoms with van der Waals surface area (Å²) >= 11 is 0. The van der Waals surface area contributed by atoms with Crippen molar-refractivity contribution in [1.29, 1.82) is 0 Å². The molecule has 0 fully saturated rings. The average molecular weight is 395 g/mol. The lowest BCUT2D eigenvalue weighted by atomic mass is 9.99. The predicted octanol–water partition coefficient (Wildman–Crippen LogP) is 5.54. The van der Waals surface area contributed by atoms with Crippen molar-refractivity contribution in [3.05, 3.63) is 66.0 Å². The lowest BCUT2D eigenvalue weighted by Crippen LogP contribution is -2.24. The molecule has 156 valence electrons. The van der Waals surface area contributed by atoms with Gasteiger partial charge in [0.25, 0.3) is 0 Å². The number of methoxy groups -OCH3 is 1. The highest BCUT2D eigenvalue weighted by Gasteiger charge is 2.04. The third-order valence-corrected chi connectivity index (χ3v) is 5.05. The highest BCUT2D eigenvalue weighted by Crippen LogP contribution is 2.23. The number of amides is 1. The van der Waals surface area contributed by atoms with E-state index in [9.17, 15) is 4.79 Å². The Bertz CT molecular complexity index is 726. The first-order chi connectivity index (χ1) is 14.3. The van der Waals surface area contributed by atoms with E-state index in [-0.39, 0.29) is 0 Å². The van der Waals surface area contributed by atoms with E-state index < -0.39 is 0 Å². The number of rotatable bonds is 14. The molecule has 0 N–H and O–H groups in total. The molecule has 0 atom stereocenters. The third kappa shape index (κ3) is 8.51. The monoisotopic (exact) mass is 394 g/mol. The molecule has 29 heavy (non-hydrogen) atoms. The van der Waals surface area contributed by atoms with E-state index in [2.05, 4.69) is 36.2 Å². The maximum absolute atomic E-state index is 11.4. The molecule has 0 unspecified atom stereocenters. The molecule has 0 radical (unpaired) electrons. The molecule has 2 aromatic rings. The molecule has 4 nitrogen and oxygen atoms in total. The minimum atomic E-state index is 0.814. The largest absolute Gasteiger partial charge is 0.497 e. The number of carbonyl (C=O) groups excluding carboxylic acids is 1. The summed E-state index contributed by atoms with van der Waals surface area (Å²) in [5.74, 6) is 0.884. The maximum Gasteiger partial charge on any atom is 0.209 e. The van der Waals surface area contributed by atoms with Crippen molar-refractivity contribution in [2.45, 2.75) is 51.9 Å². The van der Waals surface area contributed by atoms with Crippen LogP contribution in [0.2, 0.25) is 0 Å². The van der Waals surface area contributed by atoms with Crippen LogP contribution in [-0.2, 0) is 11.2 Å². The van der Waals surface area contributed by atoms with Gasteiger partial charge >= 0.3 is 0 Å². The van der Waals surface area contributed by atoms with Gasteiger partial charge in [0.05, 0.1) is 7.11 Å². The van der Waals surface area contributed by atoms with Gasteiger partial charge in [-0.15, -0.1) is 0 Å². The summed E-state index contributed by atoms with van der Waals surface area (Å²) in [7, 11) is 1.69. The molecule has 2 rings (SSSR count). The Hall–Kier alpha value is -2.62. The molecule has 4 heteroatoms. The van der Waals surface area contributed by atoms with Crippen molar-refractivity contribution in [2.24, 2.45) is 0 Å². The van der Waals surface area contributed by atoms with Crippen LogP contribution in [0.3, 0.4) is 0 Å². The number of hydrogen-bond acceptors (Lipinski definition) is 3. The highest BCUT2D eigenvalue weighted by atomic mass is 16.5. The van der Waals surface area contributed by atoms with E-state index in [1.165, 1.54) is 16.7 Å². The lowest BCUT2D eigenvalue weighted by molar-refractivity contribution is -0.118. The number of nitrogens with zero attached hydrogens (tertiary/aromatic N) is 2. The Morgan fingerprint density at radius 1 is 1.10 bits per heavy atom. The summed E-state index contributed by atoms with van der Waals surface area (Å²) in [6, 6.07) is 12.4. The number of benzene rings is 1. The van der Waals surface area contributed by atoms with Crippen molar-refractivity contribution < 1.29 is 9.53 Å². The molecule has 0 aliphatic carbocycles. The van der Waals surface area contributed by atoms with Crippen molar-refractivity contribution in [2.75, 3.05) is 20.2 Å². The Balaban J connectivity index is 1.73. The molecule has 1 heterocycles. The number of ether oxygens (including phenoxy) is 1. The summed E-state index contributed by atoms with van der Waals surface area (Å²) in [5.41, 5.74) is 3.90. The molecule has 0 saturated carbocycles. The molecule has 1 aromatic heterocycles. The third-order valence-electron chi connectivity index (χ3n) is 5.05. The number of allylic oxidation sites excluding steroid dienone is 2. The van der Waals surface area contributed by atoms with Gasteiger partial charge in [-0.05, 0) is 73.4 Å². The van der Waals surface area contributed by atoms with Crippen LogP contribution in [-0.4, -0.2) is 36.5 Å². The van der Waals surface area contributed by atoms with Crippen LogP contribution >= 0.6 is 0 Å². The molecular formula is C25H34N2O2. The smallest absolute Gasteiger partial charge is 0.209 e. The number of hydrogen-bond donors (Lipinski definition) is 0. The second-order valence-electron chi connectivity index (χ2n) is 7.31. The van der Waals surface area contributed by atoms with Crippen LogP contribution in [0.5, 0.6) is 5.75 Å². The zero-order valence-corrected chi connectivity index (χ0v) is 17.8. The quantitative estimate of drug-likeness (QED) is 0.312. The molecule has 0 bridgehead atoms. The van der Waals surface area contributed by atoms with Crippen molar-refractivity contribution in [3.8, 4) is 5.75 Å². The van der Waals surface area contributed by atoms with Gasteiger partial charge in [-0.1, -0.05) is 37.6 Å². The first kappa shape index (κ1) is 22.7. The minimum absolute atomic E-state index is 0.814. The number of unbranched alkanes of at least 4 members (excludes halogenated alkanes) is 2. The van der Waals surface area contributed by atoms with Crippen molar-refractivity contribution >= 4 is 12.0 Å². The van der Waals surface area contributed by atoms with Crippen LogP contribution in [0, 0.1) is 0 Å². The standard InChI is InChI=1S/C25H34N2O2/c1-3-9-23(24-13-15-25(29-2)16-14-24)12-5-7-19-27(21-28)18-6-4-10-22-11-8-17-26-20-22/h8,11-17,20-21H,3-7,9-10,18-19H2,1-2H3/b23-12-. The van der Waals surface area contributed by atoms with Gasteiger partial charge < -0.3 is 9.64 Å². The van der Waals surface area contributed by atoms with E-state index in [0.29, 0.717) is 0 Å². The van der Waals surface area contributed by atoms with E-state index in [0.717, 1.165) is 70.2 Å². The highest BCUT2D eigenvalue weighted by molar-refractivity contribution is 5.66. The topological polar surface area (TPSA) is 42.4 Å². The first-order valence-electron chi connectivity index (χ1n) is 10.7. The number of pyridine rings is 1. The van der Waals surface area contributed by atoms with Gasteiger partial charge in [0, 0.05) is 25.5 Å². The van der Waals surface area contributed by atoms with Crippen LogP contribution < -0.4 is 4.74 Å². The molecule has 0 saturated heterocycles. The van der Waals surface area contributed by atoms with Gasteiger partial charge in [-0.25, -0.2) is 0 Å². The molecular weight excluding hydrogens is 360 g/mol. The van der Waals surface area contributed by atoms with Gasteiger partial charge in [0.15, 0.2) is 0 Å². The molecule has 0 spiro atoms. The van der Waals surface area contributed by atoms with Crippen LogP contribution in [0.25, 0.3) is 5.57 Å². The van der Waals surface area contributed by atoms with Crippen molar-refractivity contribution in [3.63, 3.8) is 0 Å². The number of carbonyl (C=O) groups is 1. The summed E-state index contributed by atoms with van der Waals surface area (Å²) in [5, 5.41) is 0. The Morgan fingerprint density at radius 2 is 1.90 bits per heavy atom. The average Bonchev–Trinajstić information content (AvgIpc) is 2.78. The number of aryl methyl sites for hydroxylation is 1. The van der Waals surface area contributed by atoms with Gasteiger partial charge in [-0.2, -0.15) is 0 Å². The van der Waals surface area contributed by atoms with E-state index in [1.54, 1.807) is 13.3 Å². The summed E-state index contributed by atoms with van der Waals surface area (Å²) in [6.07, 6.45) is 14.3. The second-order valence-corrected chi connectivity index (χ2v) is 7.31. The summed E-state index contributed by atoms with van der Waals surface area (Å²) < 4.78 is 5.25. The fraction of sp³-hybridized carbons (Fsp3) is 0.440. The second kappa shape index (κ2) is 13.5. The van der Waals surface area contributed by atoms with E-state index >= 15 is 0 Å². The van der Waals surface area contributed by atoms with Gasteiger partial charge in [0.1, 0.15) is 5.75 Å². The zero-order valence-electron chi connectivity index (χ0n) is 17.8.